The Morgan fingerprint density at radius 3 is 2.12 bits per heavy atom. The molecule has 1 nitrogen and oxygen atoms in total. The van der Waals surface area contributed by atoms with Crippen molar-refractivity contribution < 1.29 is 0 Å². The van der Waals surface area contributed by atoms with Gasteiger partial charge in [-0.05, 0) is 11.1 Å². The lowest BCUT2D eigenvalue weighted by Gasteiger charge is -2.11. The molecule has 88 valence electrons. The van der Waals surface area contributed by atoms with E-state index in [-0.39, 0.29) is 5.38 Å². The Morgan fingerprint density at radius 1 is 0.882 bits per heavy atom. The van der Waals surface area contributed by atoms with Crippen LogP contribution in [0.25, 0.3) is 0 Å². The maximum Gasteiger partial charge on any atom is 0.0709 e. The maximum atomic E-state index is 6.31. The molecule has 1 N–H and O–H groups in total. The van der Waals surface area contributed by atoms with Gasteiger partial charge in [-0.1, -0.05) is 60.7 Å². The third kappa shape index (κ3) is 3.88. The fraction of sp³-hybridized carbons (Fsp3) is 0.200. The molecule has 0 fully saturated rings. The maximum absolute atomic E-state index is 6.31. The minimum atomic E-state index is 0.0277. The van der Waals surface area contributed by atoms with Crippen LogP contribution in [0.3, 0.4) is 0 Å². The van der Waals surface area contributed by atoms with E-state index in [1.54, 1.807) is 0 Å². The molecule has 17 heavy (non-hydrogen) atoms. The number of alkyl halides is 1. The van der Waals surface area contributed by atoms with Gasteiger partial charge in [-0.2, -0.15) is 0 Å². The lowest BCUT2D eigenvalue weighted by molar-refractivity contribution is 0.674. The van der Waals surface area contributed by atoms with Gasteiger partial charge in [-0.3, -0.25) is 0 Å². The third-order valence-electron chi connectivity index (χ3n) is 2.66. The first-order valence-electron chi connectivity index (χ1n) is 5.80. The monoisotopic (exact) mass is 245 g/mol. The average molecular weight is 246 g/mol. The van der Waals surface area contributed by atoms with Gasteiger partial charge in [0.25, 0.3) is 0 Å². The van der Waals surface area contributed by atoms with Gasteiger partial charge >= 0.3 is 0 Å². The second-order valence-corrected chi connectivity index (χ2v) is 4.52. The molecule has 0 aliphatic rings. The molecular formula is C15H16ClN. The summed E-state index contributed by atoms with van der Waals surface area (Å²) >= 11 is 6.31. The van der Waals surface area contributed by atoms with Crippen molar-refractivity contribution in [2.75, 3.05) is 6.54 Å². The van der Waals surface area contributed by atoms with E-state index in [9.17, 15) is 0 Å². The van der Waals surface area contributed by atoms with Crippen LogP contribution in [0.1, 0.15) is 16.5 Å². The van der Waals surface area contributed by atoms with E-state index >= 15 is 0 Å². The van der Waals surface area contributed by atoms with Gasteiger partial charge in [0.05, 0.1) is 5.38 Å². The first-order valence-corrected chi connectivity index (χ1v) is 6.23. The van der Waals surface area contributed by atoms with Crippen LogP contribution in [0, 0.1) is 0 Å². The van der Waals surface area contributed by atoms with Crippen LogP contribution >= 0.6 is 11.6 Å². The van der Waals surface area contributed by atoms with E-state index in [2.05, 4.69) is 29.6 Å². The molecule has 2 aromatic carbocycles. The summed E-state index contributed by atoms with van der Waals surface area (Å²) in [6.07, 6.45) is 0. The quantitative estimate of drug-likeness (QED) is 0.791. The van der Waals surface area contributed by atoms with Gasteiger partial charge in [-0.15, -0.1) is 11.6 Å². The third-order valence-corrected chi connectivity index (χ3v) is 3.06. The molecule has 0 aliphatic carbocycles. The normalized spacial score (nSPS) is 12.3. The predicted molar refractivity (Wildman–Crippen MR) is 73.2 cm³/mol. The molecule has 0 bridgehead atoms. The van der Waals surface area contributed by atoms with Crippen molar-refractivity contribution in [1.82, 2.24) is 5.32 Å². The summed E-state index contributed by atoms with van der Waals surface area (Å²) in [5, 5.41) is 3.40. The van der Waals surface area contributed by atoms with E-state index < -0.39 is 0 Å². The Balaban J connectivity index is 1.79. The zero-order valence-corrected chi connectivity index (χ0v) is 10.4. The molecule has 2 heteroatoms. The molecule has 0 heterocycles. The Morgan fingerprint density at radius 2 is 1.47 bits per heavy atom. The molecule has 0 amide bonds. The van der Waals surface area contributed by atoms with Crippen LogP contribution in [0.2, 0.25) is 0 Å². The van der Waals surface area contributed by atoms with Crippen molar-refractivity contribution >= 4 is 11.6 Å². The number of benzene rings is 2. The fourth-order valence-electron chi connectivity index (χ4n) is 1.72. The smallest absolute Gasteiger partial charge is 0.0709 e. The average Bonchev–Trinajstić information content (AvgIpc) is 2.41. The fourth-order valence-corrected chi connectivity index (χ4v) is 1.97. The molecule has 0 aromatic heterocycles. The lowest BCUT2D eigenvalue weighted by atomic mass is 10.1. The summed E-state index contributed by atoms with van der Waals surface area (Å²) in [5.74, 6) is 0. The van der Waals surface area contributed by atoms with E-state index in [0.29, 0.717) is 0 Å². The topological polar surface area (TPSA) is 12.0 Å². The molecule has 0 saturated carbocycles. The standard InChI is InChI=1S/C15H16ClN/c16-15(14-9-5-2-6-10-14)12-17-11-13-7-3-1-4-8-13/h1-10,15,17H,11-12H2. The molecule has 2 aromatic rings. The second-order valence-electron chi connectivity index (χ2n) is 3.99. The summed E-state index contributed by atoms with van der Waals surface area (Å²) in [7, 11) is 0. The largest absolute Gasteiger partial charge is 0.311 e. The van der Waals surface area contributed by atoms with E-state index in [4.69, 9.17) is 11.6 Å². The summed E-state index contributed by atoms with van der Waals surface area (Å²) in [5.41, 5.74) is 2.44. The molecule has 0 spiro atoms. The highest BCUT2D eigenvalue weighted by molar-refractivity contribution is 6.21. The molecule has 0 radical (unpaired) electrons. The van der Waals surface area contributed by atoms with Crippen LogP contribution in [0.5, 0.6) is 0 Å². The first kappa shape index (κ1) is 12.2. The Hall–Kier alpha value is -1.31. The summed E-state index contributed by atoms with van der Waals surface area (Å²) in [4.78, 5) is 0. The number of hydrogen-bond donors (Lipinski definition) is 1. The Bertz CT molecular complexity index is 427. The van der Waals surface area contributed by atoms with Crippen LogP contribution in [0.15, 0.2) is 60.7 Å². The predicted octanol–water partition coefficient (Wildman–Crippen LogP) is 3.76. The zero-order valence-electron chi connectivity index (χ0n) is 9.64. The number of halogens is 1. The number of nitrogens with one attached hydrogen (secondary N) is 1. The van der Waals surface area contributed by atoms with Crippen LogP contribution in [-0.4, -0.2) is 6.54 Å². The van der Waals surface area contributed by atoms with Crippen molar-refractivity contribution in [3.63, 3.8) is 0 Å². The molecule has 1 unspecified atom stereocenters. The first-order chi connectivity index (χ1) is 8.36. The van der Waals surface area contributed by atoms with Gasteiger partial charge in [-0.25, -0.2) is 0 Å². The van der Waals surface area contributed by atoms with Crippen molar-refractivity contribution in [3.8, 4) is 0 Å². The Kier molecular flexibility index (Phi) is 4.60. The lowest BCUT2D eigenvalue weighted by Crippen LogP contribution is -2.18. The highest BCUT2D eigenvalue weighted by atomic mass is 35.5. The van der Waals surface area contributed by atoms with Gasteiger partial charge < -0.3 is 5.32 Å². The van der Waals surface area contributed by atoms with Gasteiger partial charge in [0, 0.05) is 13.1 Å². The highest BCUT2D eigenvalue weighted by Gasteiger charge is 2.05. The number of hydrogen-bond acceptors (Lipinski definition) is 1. The molecule has 2 rings (SSSR count). The van der Waals surface area contributed by atoms with Crippen molar-refractivity contribution in [2.24, 2.45) is 0 Å². The second kappa shape index (κ2) is 6.43. The number of rotatable bonds is 5. The van der Waals surface area contributed by atoms with Crippen molar-refractivity contribution in [2.45, 2.75) is 11.9 Å². The summed E-state index contributed by atoms with van der Waals surface area (Å²) in [6, 6.07) is 20.5. The highest BCUT2D eigenvalue weighted by Crippen LogP contribution is 2.18. The minimum Gasteiger partial charge on any atom is -0.311 e. The molecule has 0 saturated heterocycles. The SMILES string of the molecule is ClC(CNCc1ccccc1)c1ccccc1. The van der Waals surface area contributed by atoms with Crippen molar-refractivity contribution in [1.29, 1.82) is 0 Å². The van der Waals surface area contributed by atoms with Gasteiger partial charge in [0.2, 0.25) is 0 Å². The van der Waals surface area contributed by atoms with E-state index in [1.165, 1.54) is 5.56 Å². The van der Waals surface area contributed by atoms with Crippen LogP contribution < -0.4 is 5.32 Å². The Labute approximate surface area is 107 Å². The van der Waals surface area contributed by atoms with E-state index in [0.717, 1.165) is 18.7 Å². The molecule has 0 aliphatic heterocycles. The van der Waals surface area contributed by atoms with Gasteiger partial charge in [0.15, 0.2) is 0 Å². The summed E-state index contributed by atoms with van der Waals surface area (Å²) in [6.45, 7) is 1.64. The minimum absolute atomic E-state index is 0.0277. The van der Waals surface area contributed by atoms with Crippen LogP contribution in [-0.2, 0) is 6.54 Å². The van der Waals surface area contributed by atoms with Gasteiger partial charge in [0.1, 0.15) is 0 Å². The van der Waals surface area contributed by atoms with Crippen LogP contribution in [0.4, 0.5) is 0 Å². The van der Waals surface area contributed by atoms with E-state index in [1.807, 2.05) is 36.4 Å². The zero-order chi connectivity index (χ0) is 11.9. The summed E-state index contributed by atoms with van der Waals surface area (Å²) < 4.78 is 0. The molecular weight excluding hydrogens is 230 g/mol. The van der Waals surface area contributed by atoms with Crippen molar-refractivity contribution in [3.05, 3.63) is 71.8 Å². The molecule has 1 atom stereocenters.